The second-order valence-electron chi connectivity index (χ2n) is 5.38. The molecule has 0 heterocycles. The lowest BCUT2D eigenvalue weighted by molar-refractivity contribution is 0.0950. The standard InChI is InChI=1S/C16H16BrClN2O3S/c1-9-5-12(6-15(10(9)2)24(19,22)23)16(21)20-8-11-3-4-13(17)7-14(11)18/h3-7H,8H2,1-2H3,(H,20,21)(H2,19,22,23). The van der Waals surface area contributed by atoms with Gasteiger partial charge in [-0.05, 0) is 54.8 Å². The van der Waals surface area contributed by atoms with Gasteiger partial charge in [-0.3, -0.25) is 4.79 Å². The van der Waals surface area contributed by atoms with Gasteiger partial charge >= 0.3 is 0 Å². The number of carbonyl (C=O) groups is 1. The predicted molar refractivity (Wildman–Crippen MR) is 97.6 cm³/mol. The Hall–Kier alpha value is -1.41. The molecular weight excluding hydrogens is 416 g/mol. The lowest BCUT2D eigenvalue weighted by Gasteiger charge is -2.12. The summed E-state index contributed by atoms with van der Waals surface area (Å²) in [6.07, 6.45) is 0. The van der Waals surface area contributed by atoms with Crippen molar-refractivity contribution in [2.24, 2.45) is 5.14 Å². The van der Waals surface area contributed by atoms with Crippen LogP contribution in [0, 0.1) is 13.8 Å². The summed E-state index contributed by atoms with van der Waals surface area (Å²) in [4.78, 5) is 12.3. The molecule has 0 radical (unpaired) electrons. The molecule has 3 N–H and O–H groups in total. The molecule has 5 nitrogen and oxygen atoms in total. The number of hydrogen-bond donors (Lipinski definition) is 2. The van der Waals surface area contributed by atoms with Gasteiger partial charge in [-0.1, -0.05) is 33.6 Å². The molecule has 0 atom stereocenters. The lowest BCUT2D eigenvalue weighted by Crippen LogP contribution is -2.24. The second-order valence-corrected chi connectivity index (χ2v) is 8.23. The predicted octanol–water partition coefficient (Wildman–Crippen LogP) is 3.30. The zero-order chi connectivity index (χ0) is 18.1. The van der Waals surface area contributed by atoms with Crippen molar-refractivity contribution in [1.29, 1.82) is 0 Å². The monoisotopic (exact) mass is 430 g/mol. The largest absolute Gasteiger partial charge is 0.348 e. The number of halogens is 2. The number of amides is 1. The zero-order valence-corrected chi connectivity index (χ0v) is 16.2. The number of aryl methyl sites for hydroxylation is 1. The Morgan fingerprint density at radius 3 is 2.50 bits per heavy atom. The molecule has 0 spiro atoms. The number of carbonyl (C=O) groups excluding carboxylic acids is 1. The summed E-state index contributed by atoms with van der Waals surface area (Å²) in [5.74, 6) is -0.401. The van der Waals surface area contributed by atoms with Gasteiger partial charge < -0.3 is 5.32 Å². The van der Waals surface area contributed by atoms with Crippen molar-refractivity contribution in [3.63, 3.8) is 0 Å². The first-order valence-corrected chi connectivity index (χ1v) is 9.67. The van der Waals surface area contributed by atoms with Crippen LogP contribution in [0.3, 0.4) is 0 Å². The topological polar surface area (TPSA) is 89.3 Å². The molecule has 0 saturated carbocycles. The van der Waals surface area contributed by atoms with E-state index in [1.165, 1.54) is 6.07 Å². The van der Waals surface area contributed by atoms with Gasteiger partial charge in [0.1, 0.15) is 0 Å². The number of hydrogen-bond acceptors (Lipinski definition) is 3. The van der Waals surface area contributed by atoms with Crippen LogP contribution in [0.25, 0.3) is 0 Å². The Bertz CT molecular complexity index is 914. The van der Waals surface area contributed by atoms with Crippen molar-refractivity contribution in [1.82, 2.24) is 5.32 Å². The minimum atomic E-state index is -3.90. The molecule has 0 fully saturated rings. The number of benzene rings is 2. The van der Waals surface area contributed by atoms with Gasteiger partial charge in [0.2, 0.25) is 10.0 Å². The van der Waals surface area contributed by atoms with Crippen LogP contribution >= 0.6 is 27.5 Å². The van der Waals surface area contributed by atoms with E-state index in [0.717, 1.165) is 10.0 Å². The molecule has 8 heteroatoms. The smallest absolute Gasteiger partial charge is 0.251 e. The maximum absolute atomic E-state index is 12.3. The molecule has 0 aromatic heterocycles. The molecule has 0 saturated heterocycles. The number of primary sulfonamides is 1. The normalized spacial score (nSPS) is 11.4. The molecule has 2 rings (SSSR count). The van der Waals surface area contributed by atoms with Crippen molar-refractivity contribution < 1.29 is 13.2 Å². The van der Waals surface area contributed by atoms with Crippen molar-refractivity contribution in [2.75, 3.05) is 0 Å². The van der Waals surface area contributed by atoms with E-state index in [4.69, 9.17) is 16.7 Å². The van der Waals surface area contributed by atoms with E-state index >= 15 is 0 Å². The van der Waals surface area contributed by atoms with E-state index in [0.29, 0.717) is 16.1 Å². The Labute approximate surface area is 154 Å². The molecule has 1 amide bonds. The lowest BCUT2D eigenvalue weighted by atomic mass is 10.1. The zero-order valence-electron chi connectivity index (χ0n) is 13.1. The van der Waals surface area contributed by atoms with E-state index < -0.39 is 15.9 Å². The average molecular weight is 432 g/mol. The summed E-state index contributed by atoms with van der Waals surface area (Å²) >= 11 is 9.43. The van der Waals surface area contributed by atoms with Crippen LogP contribution < -0.4 is 10.5 Å². The van der Waals surface area contributed by atoms with Crippen LogP contribution in [-0.2, 0) is 16.6 Å². The van der Waals surface area contributed by atoms with Crippen molar-refractivity contribution in [3.8, 4) is 0 Å². The molecule has 0 aliphatic carbocycles. The summed E-state index contributed by atoms with van der Waals surface area (Å²) < 4.78 is 24.2. The van der Waals surface area contributed by atoms with Gasteiger partial charge in [0, 0.05) is 21.6 Å². The highest BCUT2D eigenvalue weighted by atomic mass is 79.9. The maximum Gasteiger partial charge on any atom is 0.251 e. The van der Waals surface area contributed by atoms with Gasteiger partial charge in [-0.2, -0.15) is 0 Å². The molecule has 0 aliphatic heterocycles. The van der Waals surface area contributed by atoms with Crippen molar-refractivity contribution in [3.05, 3.63) is 62.1 Å². The fourth-order valence-electron chi connectivity index (χ4n) is 2.20. The Morgan fingerprint density at radius 2 is 1.92 bits per heavy atom. The Balaban J connectivity index is 2.26. The summed E-state index contributed by atoms with van der Waals surface area (Å²) in [6.45, 7) is 3.60. The second kappa shape index (κ2) is 7.23. The van der Waals surface area contributed by atoms with Crippen LogP contribution in [0.5, 0.6) is 0 Å². The highest BCUT2D eigenvalue weighted by Gasteiger charge is 2.17. The first-order valence-electron chi connectivity index (χ1n) is 6.96. The van der Waals surface area contributed by atoms with Crippen LogP contribution in [-0.4, -0.2) is 14.3 Å². The molecule has 0 unspecified atom stereocenters. The SMILES string of the molecule is Cc1cc(C(=O)NCc2ccc(Br)cc2Cl)cc(S(N)(=O)=O)c1C. The first-order chi connectivity index (χ1) is 11.1. The van der Waals surface area contributed by atoms with E-state index in [1.54, 1.807) is 32.0 Å². The minimum Gasteiger partial charge on any atom is -0.348 e. The van der Waals surface area contributed by atoms with Crippen molar-refractivity contribution >= 4 is 43.5 Å². The van der Waals surface area contributed by atoms with E-state index in [-0.39, 0.29) is 17.0 Å². The Kier molecular flexibility index (Phi) is 5.70. The van der Waals surface area contributed by atoms with Gasteiger partial charge in [-0.25, -0.2) is 13.6 Å². The van der Waals surface area contributed by atoms with Crippen LogP contribution in [0.2, 0.25) is 5.02 Å². The molecule has 0 aliphatic rings. The highest BCUT2D eigenvalue weighted by molar-refractivity contribution is 9.10. The minimum absolute atomic E-state index is 0.0469. The number of rotatable bonds is 4. The molecule has 2 aromatic rings. The molecule has 0 bridgehead atoms. The molecule has 2 aromatic carbocycles. The third-order valence-electron chi connectivity index (χ3n) is 3.64. The fraction of sp³-hybridized carbons (Fsp3) is 0.188. The fourth-order valence-corrected chi connectivity index (χ4v) is 3.82. The Morgan fingerprint density at radius 1 is 1.25 bits per heavy atom. The number of nitrogens with two attached hydrogens (primary N) is 1. The molecule has 24 heavy (non-hydrogen) atoms. The van der Waals surface area contributed by atoms with Gasteiger partial charge in [0.25, 0.3) is 5.91 Å². The highest BCUT2D eigenvalue weighted by Crippen LogP contribution is 2.22. The summed E-state index contributed by atoms with van der Waals surface area (Å²) in [6, 6.07) is 8.27. The van der Waals surface area contributed by atoms with E-state index in [1.807, 2.05) is 6.07 Å². The average Bonchev–Trinajstić information content (AvgIpc) is 2.47. The van der Waals surface area contributed by atoms with Gasteiger partial charge in [0.05, 0.1) is 4.90 Å². The van der Waals surface area contributed by atoms with Crippen LogP contribution in [0.4, 0.5) is 0 Å². The third-order valence-corrected chi connectivity index (χ3v) is 5.53. The van der Waals surface area contributed by atoms with Crippen LogP contribution in [0.1, 0.15) is 27.0 Å². The maximum atomic E-state index is 12.3. The van der Waals surface area contributed by atoms with Gasteiger partial charge in [0.15, 0.2) is 0 Å². The summed E-state index contributed by atoms with van der Waals surface area (Å²) in [5.41, 5.74) is 2.19. The number of sulfonamides is 1. The first kappa shape index (κ1) is 18.9. The quantitative estimate of drug-likeness (QED) is 0.778. The van der Waals surface area contributed by atoms with Crippen LogP contribution in [0.15, 0.2) is 39.7 Å². The van der Waals surface area contributed by atoms with E-state index in [9.17, 15) is 13.2 Å². The molecular formula is C16H16BrClN2O3S. The summed E-state index contributed by atoms with van der Waals surface area (Å²) in [7, 11) is -3.90. The number of nitrogens with one attached hydrogen (secondary N) is 1. The third kappa shape index (κ3) is 4.36. The summed E-state index contributed by atoms with van der Waals surface area (Å²) in [5, 5.41) is 8.46. The van der Waals surface area contributed by atoms with E-state index in [2.05, 4.69) is 21.2 Å². The van der Waals surface area contributed by atoms with Crippen molar-refractivity contribution in [2.45, 2.75) is 25.3 Å². The van der Waals surface area contributed by atoms with Gasteiger partial charge in [-0.15, -0.1) is 0 Å². The molecule has 128 valence electrons.